The maximum absolute atomic E-state index is 11.4. The first-order valence-corrected chi connectivity index (χ1v) is 14.3. The van der Waals surface area contributed by atoms with E-state index >= 15 is 0 Å². The van der Waals surface area contributed by atoms with Crippen molar-refractivity contribution in [3.05, 3.63) is 101 Å². The monoisotopic (exact) mass is 575 g/mol. The second-order valence-electron chi connectivity index (χ2n) is 10.00. The third kappa shape index (κ3) is 7.43. The number of nitrogens with one attached hydrogen (secondary N) is 2. The molecule has 0 bridgehead atoms. The van der Waals surface area contributed by atoms with E-state index in [9.17, 15) is 15.0 Å². The molecule has 41 heavy (non-hydrogen) atoms. The smallest absolute Gasteiger partial charge is 0.219 e. The predicted octanol–water partition coefficient (Wildman–Crippen LogP) is 6.53. The van der Waals surface area contributed by atoms with Crippen molar-refractivity contribution in [2.45, 2.75) is 45.3 Å². The molecule has 2 unspecified atom stereocenters. The summed E-state index contributed by atoms with van der Waals surface area (Å²) >= 11 is 6.17. The fraction of sp³-hybridized carbons (Fsp3) is 0.303. The third-order valence-electron chi connectivity index (χ3n) is 7.04. The van der Waals surface area contributed by atoms with E-state index in [1.807, 2.05) is 55.5 Å². The van der Waals surface area contributed by atoms with E-state index in [-0.39, 0.29) is 24.2 Å². The quantitative estimate of drug-likeness (QED) is 0.170. The lowest BCUT2D eigenvalue weighted by Gasteiger charge is -2.38. The summed E-state index contributed by atoms with van der Waals surface area (Å²) in [5, 5.41) is 24.6. The van der Waals surface area contributed by atoms with Gasteiger partial charge in [-0.25, -0.2) is 0 Å². The maximum atomic E-state index is 11.4. The summed E-state index contributed by atoms with van der Waals surface area (Å²) < 4.78 is 5.87. The lowest BCUT2D eigenvalue weighted by molar-refractivity contribution is -0.121. The molecule has 1 aliphatic heterocycles. The summed E-state index contributed by atoms with van der Waals surface area (Å²) in [5.41, 5.74) is 5.51. The molecule has 1 amide bonds. The number of ether oxygens (including phenoxy) is 1. The first-order valence-electron chi connectivity index (χ1n) is 13.9. The highest BCUT2D eigenvalue weighted by Gasteiger charge is 2.32. The van der Waals surface area contributed by atoms with Crippen LogP contribution in [0.25, 0.3) is 10.9 Å². The van der Waals surface area contributed by atoms with Crippen LogP contribution in [-0.2, 0) is 11.2 Å². The summed E-state index contributed by atoms with van der Waals surface area (Å²) in [6.07, 6.45) is 2.76. The minimum Gasteiger partial charge on any atom is -0.508 e. The average Bonchev–Trinajstić information content (AvgIpc) is 3.34. The number of phenols is 1. The zero-order valence-corrected chi connectivity index (χ0v) is 24.3. The second-order valence-corrected chi connectivity index (χ2v) is 10.4. The van der Waals surface area contributed by atoms with Gasteiger partial charge in [-0.05, 0) is 79.1 Å². The largest absolute Gasteiger partial charge is 0.508 e. The highest BCUT2D eigenvalue weighted by Crippen LogP contribution is 2.41. The van der Waals surface area contributed by atoms with Gasteiger partial charge in [0, 0.05) is 53.2 Å². The van der Waals surface area contributed by atoms with Crippen LogP contribution >= 0.6 is 11.6 Å². The molecule has 216 valence electrons. The van der Waals surface area contributed by atoms with Crippen LogP contribution in [0.2, 0.25) is 5.02 Å². The van der Waals surface area contributed by atoms with Crippen LogP contribution in [0, 0.1) is 0 Å². The van der Waals surface area contributed by atoms with Crippen LogP contribution < -0.4 is 15.0 Å². The lowest BCUT2D eigenvalue weighted by Crippen LogP contribution is -2.36. The van der Waals surface area contributed by atoms with E-state index < -0.39 is 6.10 Å². The molecule has 0 fully saturated rings. The lowest BCUT2D eigenvalue weighted by atomic mass is 9.91. The van der Waals surface area contributed by atoms with Gasteiger partial charge < -0.3 is 30.2 Å². The number of anilines is 1. The molecule has 3 aromatic carbocycles. The molecule has 0 spiro atoms. The van der Waals surface area contributed by atoms with Gasteiger partial charge in [0.15, 0.2) is 0 Å². The third-order valence-corrected chi connectivity index (χ3v) is 7.29. The Hall–Kier alpha value is -3.94. The number of hydrogen-bond donors (Lipinski definition) is 4. The molecule has 0 radical (unpaired) electrons. The molecule has 0 saturated heterocycles. The first-order chi connectivity index (χ1) is 19.8. The van der Waals surface area contributed by atoms with E-state index in [1.54, 1.807) is 19.1 Å². The number of aliphatic hydroxyl groups excluding tert-OH is 1. The number of benzene rings is 3. The Morgan fingerprint density at radius 1 is 1.20 bits per heavy atom. The highest BCUT2D eigenvalue weighted by atomic mass is 35.5. The Balaban J connectivity index is 0.00000124. The average molecular weight is 576 g/mol. The van der Waals surface area contributed by atoms with Gasteiger partial charge in [0.1, 0.15) is 11.5 Å². The molecule has 7 nitrogen and oxygen atoms in total. The summed E-state index contributed by atoms with van der Waals surface area (Å²) in [7, 11) is 0. The zero-order chi connectivity index (χ0) is 29.4. The zero-order valence-electron chi connectivity index (χ0n) is 23.6. The number of halogens is 1. The number of aromatic hydroxyl groups is 1. The van der Waals surface area contributed by atoms with Crippen molar-refractivity contribution in [1.82, 2.24) is 10.3 Å². The number of aliphatic hydroxyl groups is 1. The molecule has 4 aromatic rings. The van der Waals surface area contributed by atoms with Gasteiger partial charge in [0.05, 0.1) is 18.8 Å². The predicted molar refractivity (Wildman–Crippen MR) is 166 cm³/mol. The summed E-state index contributed by atoms with van der Waals surface area (Å²) in [5.74, 6) is 0.898. The van der Waals surface area contributed by atoms with Crippen molar-refractivity contribution in [2.24, 2.45) is 0 Å². The Morgan fingerprint density at radius 3 is 2.59 bits per heavy atom. The maximum Gasteiger partial charge on any atom is 0.219 e. The van der Waals surface area contributed by atoms with Crippen molar-refractivity contribution >= 4 is 34.1 Å². The fourth-order valence-corrected chi connectivity index (χ4v) is 5.18. The minimum absolute atomic E-state index is 0.0625. The molecule has 2 atom stereocenters. The van der Waals surface area contributed by atoms with Gasteiger partial charge >= 0.3 is 0 Å². The molecule has 5 rings (SSSR count). The summed E-state index contributed by atoms with van der Waals surface area (Å²) in [4.78, 5) is 17.4. The van der Waals surface area contributed by atoms with Crippen LogP contribution in [-0.4, -0.2) is 46.9 Å². The number of amides is 1. The molecule has 4 N–H and O–H groups in total. The molecular formula is C33H38ClN3O4. The normalized spacial score (nSPS) is 14.9. The van der Waals surface area contributed by atoms with Gasteiger partial charge in [-0.2, -0.15) is 0 Å². The second kappa shape index (κ2) is 14.1. The highest BCUT2D eigenvalue weighted by molar-refractivity contribution is 6.30. The fourth-order valence-electron chi connectivity index (χ4n) is 5.05. The first kappa shape index (κ1) is 30.0. The molecule has 0 aliphatic carbocycles. The topological polar surface area (TPSA) is 97.8 Å². The van der Waals surface area contributed by atoms with Crippen molar-refractivity contribution in [3.8, 4) is 11.5 Å². The molecular weight excluding hydrogens is 538 g/mol. The van der Waals surface area contributed by atoms with E-state index in [0.717, 1.165) is 40.8 Å². The van der Waals surface area contributed by atoms with Gasteiger partial charge in [0.25, 0.3) is 0 Å². The Kier molecular flexibility index (Phi) is 10.3. The van der Waals surface area contributed by atoms with Crippen LogP contribution in [0.4, 0.5) is 5.69 Å². The van der Waals surface area contributed by atoms with Crippen molar-refractivity contribution < 1.29 is 19.7 Å². The molecule has 2 heterocycles. The van der Waals surface area contributed by atoms with E-state index in [2.05, 4.69) is 33.9 Å². The van der Waals surface area contributed by atoms with Crippen LogP contribution in [0.1, 0.15) is 49.6 Å². The number of H-pyrrole nitrogens is 1. The SMILES string of the molecule is C=CC.CCC(=O)NCC(O)CCOc1ccc(C2c3[nH]c4ccc(O)cc4c3CCN2c2ccc(Cl)cc2)cc1. The Morgan fingerprint density at radius 2 is 1.90 bits per heavy atom. The van der Waals surface area contributed by atoms with Crippen LogP contribution in [0.15, 0.2) is 79.4 Å². The number of aromatic amines is 1. The number of carbonyl (C=O) groups is 1. The van der Waals surface area contributed by atoms with Gasteiger partial charge in [-0.1, -0.05) is 36.7 Å². The number of aromatic nitrogens is 1. The summed E-state index contributed by atoms with van der Waals surface area (Å²) in [6.45, 7) is 8.41. The Bertz CT molecular complexity index is 1450. The Labute approximate surface area is 246 Å². The van der Waals surface area contributed by atoms with Gasteiger partial charge in [-0.15, -0.1) is 6.58 Å². The molecule has 0 saturated carbocycles. The number of phenolic OH excluding ortho intramolecular Hbond substituents is 1. The number of hydrogen-bond acceptors (Lipinski definition) is 5. The van der Waals surface area contributed by atoms with Crippen molar-refractivity contribution in [2.75, 3.05) is 24.6 Å². The molecule has 8 heteroatoms. The number of carbonyl (C=O) groups excluding carboxylic acids is 1. The van der Waals surface area contributed by atoms with Gasteiger partial charge in [0.2, 0.25) is 5.91 Å². The number of allylic oxidation sites excluding steroid dienone is 1. The number of nitrogens with zero attached hydrogens (tertiary/aromatic N) is 1. The molecule has 1 aromatic heterocycles. The van der Waals surface area contributed by atoms with Crippen molar-refractivity contribution in [1.29, 1.82) is 0 Å². The van der Waals surface area contributed by atoms with E-state index in [4.69, 9.17) is 16.3 Å². The number of rotatable bonds is 9. The molecule has 1 aliphatic rings. The summed E-state index contributed by atoms with van der Waals surface area (Å²) in [6, 6.07) is 21.3. The number of fused-ring (bicyclic) bond motifs is 3. The van der Waals surface area contributed by atoms with Crippen LogP contribution in [0.3, 0.4) is 0 Å². The standard InChI is InChI=1S/C30H32ClN3O4.C3H6/c1-2-28(37)32-18-23(36)14-16-38-24-10-3-19(4-11-24)30-29-25(26-17-22(35)9-12-27(26)33-29)13-15-34(30)21-7-5-20(31)6-8-21;1-3-2/h3-12,17,23,30,33,35-36H,2,13-16,18H2,1H3,(H,32,37);3H,1H2,2H3. The van der Waals surface area contributed by atoms with Gasteiger partial charge in [-0.3, -0.25) is 4.79 Å². The van der Waals surface area contributed by atoms with E-state index in [1.165, 1.54) is 5.56 Å². The van der Waals surface area contributed by atoms with E-state index in [0.29, 0.717) is 30.2 Å². The van der Waals surface area contributed by atoms with Crippen molar-refractivity contribution in [3.63, 3.8) is 0 Å². The van der Waals surface area contributed by atoms with Crippen LogP contribution in [0.5, 0.6) is 11.5 Å². The minimum atomic E-state index is -0.653.